The molecule has 2 aromatic heterocycles. The number of anilines is 1. The Morgan fingerprint density at radius 3 is 2.34 bits per heavy atom. The molecule has 0 saturated carbocycles. The predicted octanol–water partition coefficient (Wildman–Crippen LogP) is 1.06. The van der Waals surface area contributed by atoms with E-state index in [-0.39, 0.29) is 16.7 Å². The van der Waals surface area contributed by atoms with Gasteiger partial charge in [-0.15, -0.1) is 15.3 Å². The molecule has 4 heterocycles. The van der Waals surface area contributed by atoms with Crippen molar-refractivity contribution in [3.8, 4) is 6.07 Å². The Kier molecular flexibility index (Phi) is 4.04. The zero-order valence-corrected chi connectivity index (χ0v) is 16.6. The molecule has 148 valence electrons. The molecule has 9 nitrogen and oxygen atoms in total. The quantitative estimate of drug-likeness (QED) is 0.636. The molecule has 29 heavy (non-hydrogen) atoms. The average Bonchev–Trinajstić information content (AvgIpc) is 3.41. The molecule has 0 N–H and O–H groups in total. The van der Waals surface area contributed by atoms with Crippen LogP contribution >= 0.6 is 0 Å². The van der Waals surface area contributed by atoms with E-state index in [1.807, 2.05) is 25.1 Å². The lowest BCUT2D eigenvalue weighted by Gasteiger charge is -2.22. The molecular weight excluding hydrogens is 390 g/mol. The lowest BCUT2D eigenvalue weighted by atomic mass is 10.0. The predicted molar refractivity (Wildman–Crippen MR) is 105 cm³/mol. The van der Waals surface area contributed by atoms with E-state index in [2.05, 4.69) is 20.2 Å². The van der Waals surface area contributed by atoms with Gasteiger partial charge in [-0.1, -0.05) is 0 Å². The first-order chi connectivity index (χ1) is 14.0. The summed E-state index contributed by atoms with van der Waals surface area (Å²) in [5, 5.41) is 21.6. The maximum atomic E-state index is 13.0. The minimum absolute atomic E-state index is 0.239. The summed E-state index contributed by atoms with van der Waals surface area (Å²) in [5.41, 5.74) is 1.16. The number of nitriles is 1. The van der Waals surface area contributed by atoms with Crippen LogP contribution in [-0.4, -0.2) is 58.7 Å². The third kappa shape index (κ3) is 2.94. The number of nitrogens with zero attached hydrogens (tertiary/aromatic N) is 7. The van der Waals surface area contributed by atoms with E-state index < -0.39 is 10.0 Å². The van der Waals surface area contributed by atoms with Crippen molar-refractivity contribution in [2.24, 2.45) is 11.8 Å². The van der Waals surface area contributed by atoms with Crippen molar-refractivity contribution in [2.45, 2.75) is 11.8 Å². The van der Waals surface area contributed by atoms with Crippen molar-refractivity contribution in [1.82, 2.24) is 24.1 Å². The number of aromatic nitrogens is 4. The third-order valence-electron chi connectivity index (χ3n) is 5.80. The van der Waals surface area contributed by atoms with Gasteiger partial charge in [0.1, 0.15) is 5.82 Å². The number of hydrogen-bond acceptors (Lipinski definition) is 7. The molecule has 2 aliphatic heterocycles. The smallest absolute Gasteiger partial charge is 0.243 e. The van der Waals surface area contributed by atoms with E-state index in [1.165, 1.54) is 12.1 Å². The highest BCUT2D eigenvalue weighted by Gasteiger charge is 2.44. The Balaban J connectivity index is 1.32. The highest BCUT2D eigenvalue weighted by Crippen LogP contribution is 2.35. The van der Waals surface area contributed by atoms with Gasteiger partial charge in [-0.25, -0.2) is 8.42 Å². The monoisotopic (exact) mass is 409 g/mol. The fraction of sp³-hybridized carbons (Fsp3) is 0.368. The van der Waals surface area contributed by atoms with Crippen LogP contribution in [0.1, 0.15) is 11.4 Å². The number of benzene rings is 1. The molecule has 0 aliphatic carbocycles. The molecule has 1 aromatic carbocycles. The number of rotatable bonds is 3. The molecular formula is C19H19N7O2S. The van der Waals surface area contributed by atoms with Crippen molar-refractivity contribution in [2.75, 3.05) is 31.1 Å². The largest absolute Gasteiger partial charge is 0.355 e. The molecule has 2 saturated heterocycles. The fourth-order valence-electron chi connectivity index (χ4n) is 4.24. The molecule has 0 spiro atoms. The summed E-state index contributed by atoms with van der Waals surface area (Å²) in [4.78, 5) is 2.45. The van der Waals surface area contributed by atoms with Crippen LogP contribution in [0, 0.1) is 30.1 Å². The molecule has 3 aromatic rings. The lowest BCUT2D eigenvalue weighted by Crippen LogP contribution is -2.33. The van der Waals surface area contributed by atoms with Crippen molar-refractivity contribution >= 4 is 21.5 Å². The zero-order chi connectivity index (χ0) is 20.2. The summed E-state index contributed by atoms with van der Waals surface area (Å²) in [6, 6.07) is 12.0. The van der Waals surface area contributed by atoms with Crippen molar-refractivity contribution in [3.05, 3.63) is 47.8 Å². The van der Waals surface area contributed by atoms with E-state index in [0.29, 0.717) is 24.3 Å². The molecule has 2 unspecified atom stereocenters. The summed E-state index contributed by atoms with van der Waals surface area (Å²) in [5.74, 6) is 2.13. The Bertz CT molecular complexity index is 1220. The molecule has 2 aliphatic rings. The summed E-state index contributed by atoms with van der Waals surface area (Å²) >= 11 is 0. The van der Waals surface area contributed by atoms with Gasteiger partial charge < -0.3 is 4.90 Å². The molecule has 0 amide bonds. The van der Waals surface area contributed by atoms with Crippen LogP contribution < -0.4 is 4.90 Å². The van der Waals surface area contributed by atoms with Gasteiger partial charge in [-0.05, 0) is 55.2 Å². The second-order valence-corrected chi connectivity index (χ2v) is 9.53. The molecule has 5 rings (SSSR count). The van der Waals surface area contributed by atoms with E-state index in [0.717, 1.165) is 24.7 Å². The van der Waals surface area contributed by atoms with Gasteiger partial charge in [0.05, 0.1) is 16.5 Å². The molecule has 2 atom stereocenters. The Hall–Kier alpha value is -3.03. The highest BCUT2D eigenvalue weighted by molar-refractivity contribution is 7.89. The second-order valence-electron chi connectivity index (χ2n) is 7.59. The van der Waals surface area contributed by atoms with Crippen LogP contribution in [0.25, 0.3) is 5.65 Å². The van der Waals surface area contributed by atoms with E-state index in [1.54, 1.807) is 21.0 Å². The number of hydrogen-bond donors (Lipinski definition) is 0. The SMILES string of the molecule is Cc1nnc2ccc(N3CC4CN(S(=O)(=O)c5ccc(C#N)cc5)CC4C3)nn12. The molecule has 2 fully saturated rings. The topological polar surface area (TPSA) is 107 Å². The Labute approximate surface area is 168 Å². The Morgan fingerprint density at radius 1 is 1.00 bits per heavy atom. The molecule has 0 radical (unpaired) electrons. The van der Waals surface area contributed by atoms with Gasteiger partial charge in [0.2, 0.25) is 10.0 Å². The molecule has 0 bridgehead atoms. The standard InChI is InChI=1S/C19H19N7O2S/c1-13-21-22-18-6-7-19(23-26(13)18)24-9-15-11-25(12-16(15)10-24)29(27,28)17-4-2-14(8-20)3-5-17/h2-7,15-16H,9-12H2,1H3. The van der Waals surface area contributed by atoms with Gasteiger partial charge in [0, 0.05) is 26.2 Å². The summed E-state index contributed by atoms with van der Waals surface area (Å²) in [6.45, 7) is 4.39. The highest BCUT2D eigenvalue weighted by atomic mass is 32.2. The first-order valence-electron chi connectivity index (χ1n) is 9.40. The third-order valence-corrected chi connectivity index (χ3v) is 7.65. The number of aryl methyl sites for hydroxylation is 1. The van der Waals surface area contributed by atoms with Crippen molar-refractivity contribution < 1.29 is 8.42 Å². The van der Waals surface area contributed by atoms with E-state index in [9.17, 15) is 8.42 Å². The average molecular weight is 409 g/mol. The zero-order valence-electron chi connectivity index (χ0n) is 15.8. The van der Waals surface area contributed by atoms with Gasteiger partial charge >= 0.3 is 0 Å². The minimum atomic E-state index is -3.55. The van der Waals surface area contributed by atoms with Crippen LogP contribution in [0.2, 0.25) is 0 Å². The van der Waals surface area contributed by atoms with Crippen molar-refractivity contribution in [3.63, 3.8) is 0 Å². The summed E-state index contributed by atoms with van der Waals surface area (Å²) < 4.78 is 29.2. The van der Waals surface area contributed by atoms with Crippen LogP contribution in [0.3, 0.4) is 0 Å². The maximum Gasteiger partial charge on any atom is 0.243 e. The van der Waals surface area contributed by atoms with Gasteiger partial charge in [-0.3, -0.25) is 0 Å². The maximum absolute atomic E-state index is 13.0. The van der Waals surface area contributed by atoms with Crippen LogP contribution in [0.4, 0.5) is 5.82 Å². The minimum Gasteiger partial charge on any atom is -0.355 e. The summed E-state index contributed by atoms with van der Waals surface area (Å²) in [6.07, 6.45) is 0. The first-order valence-corrected chi connectivity index (χ1v) is 10.8. The number of fused-ring (bicyclic) bond motifs is 2. The van der Waals surface area contributed by atoms with E-state index >= 15 is 0 Å². The van der Waals surface area contributed by atoms with Crippen LogP contribution in [-0.2, 0) is 10.0 Å². The number of sulfonamides is 1. The normalized spacial score (nSPS) is 22.1. The van der Waals surface area contributed by atoms with Crippen LogP contribution in [0.15, 0.2) is 41.3 Å². The first kappa shape index (κ1) is 18.0. The summed E-state index contributed by atoms with van der Waals surface area (Å²) in [7, 11) is -3.55. The fourth-order valence-corrected chi connectivity index (χ4v) is 5.79. The van der Waals surface area contributed by atoms with Gasteiger partial charge in [0.25, 0.3) is 0 Å². The molecule has 10 heteroatoms. The Morgan fingerprint density at radius 2 is 1.69 bits per heavy atom. The van der Waals surface area contributed by atoms with Gasteiger partial charge in [-0.2, -0.15) is 14.1 Å². The second kappa shape index (κ2) is 6.50. The van der Waals surface area contributed by atoms with Gasteiger partial charge in [0.15, 0.2) is 11.5 Å². The lowest BCUT2D eigenvalue weighted by molar-refractivity contribution is 0.453. The van der Waals surface area contributed by atoms with Crippen LogP contribution in [0.5, 0.6) is 0 Å². The van der Waals surface area contributed by atoms with Crippen molar-refractivity contribution in [1.29, 1.82) is 5.26 Å². The van der Waals surface area contributed by atoms with E-state index in [4.69, 9.17) is 5.26 Å².